The third kappa shape index (κ3) is 3.59. The van der Waals surface area contributed by atoms with Crippen LogP contribution in [0, 0.1) is 0 Å². The molecule has 1 atom stereocenters. The lowest BCUT2D eigenvalue weighted by Crippen LogP contribution is -2.37. The fraction of sp³-hybridized carbons (Fsp3) is 0.462. The zero-order valence-electron chi connectivity index (χ0n) is 10.5. The smallest absolute Gasteiger partial charge is 0.166 e. The van der Waals surface area contributed by atoms with Gasteiger partial charge in [0.25, 0.3) is 0 Å². The molecule has 0 heterocycles. The summed E-state index contributed by atoms with van der Waals surface area (Å²) >= 11 is 8.76. The Morgan fingerprint density at radius 2 is 2.22 bits per heavy atom. The summed E-state index contributed by atoms with van der Waals surface area (Å²) in [6.45, 7) is 2.09. The second-order valence-electron chi connectivity index (χ2n) is 4.51. The van der Waals surface area contributed by atoms with Crippen molar-refractivity contribution in [2.75, 3.05) is 7.11 Å². The largest absolute Gasteiger partial charge is 0.496 e. The van der Waals surface area contributed by atoms with Crippen molar-refractivity contribution in [3.63, 3.8) is 0 Å². The summed E-state index contributed by atoms with van der Waals surface area (Å²) in [5, 5.41) is 7.30. The number of nitrogens with one attached hydrogen (secondary N) is 2. The Morgan fingerprint density at radius 1 is 1.50 bits per heavy atom. The number of thiocarbonyl (C=S) groups is 1. The topological polar surface area (TPSA) is 33.3 Å². The zero-order valence-corrected chi connectivity index (χ0v) is 12.9. The van der Waals surface area contributed by atoms with Gasteiger partial charge in [0.05, 0.1) is 17.6 Å². The van der Waals surface area contributed by atoms with Gasteiger partial charge in [0.15, 0.2) is 5.11 Å². The van der Waals surface area contributed by atoms with Crippen LogP contribution in [-0.2, 0) is 0 Å². The number of hydrogen-bond acceptors (Lipinski definition) is 2. The second-order valence-corrected chi connectivity index (χ2v) is 5.77. The van der Waals surface area contributed by atoms with E-state index in [9.17, 15) is 0 Å². The summed E-state index contributed by atoms with van der Waals surface area (Å²) in [5.74, 6) is 0.838. The normalized spacial score (nSPS) is 15.9. The summed E-state index contributed by atoms with van der Waals surface area (Å²) in [6.07, 6.45) is 2.45. The average molecular weight is 329 g/mol. The van der Waals surface area contributed by atoms with Crippen LogP contribution in [0.15, 0.2) is 22.7 Å². The van der Waals surface area contributed by atoms with E-state index in [0.29, 0.717) is 6.04 Å². The number of hydrogen-bond donors (Lipinski definition) is 2. The molecule has 98 valence electrons. The lowest BCUT2D eigenvalue weighted by molar-refractivity contribution is 0.412. The predicted molar refractivity (Wildman–Crippen MR) is 81.0 cm³/mol. The van der Waals surface area contributed by atoms with Crippen LogP contribution < -0.4 is 15.4 Å². The van der Waals surface area contributed by atoms with Crippen LogP contribution >= 0.6 is 28.1 Å². The van der Waals surface area contributed by atoms with Crippen LogP contribution in [0.5, 0.6) is 5.75 Å². The molecule has 1 aliphatic rings. The SMILES string of the molecule is COc1ccc([C@@H](C)NC(=S)NC2CC2)cc1Br. The van der Waals surface area contributed by atoms with Gasteiger partial charge in [-0.05, 0) is 65.6 Å². The first-order chi connectivity index (χ1) is 8.60. The molecule has 1 aliphatic carbocycles. The fourth-order valence-electron chi connectivity index (χ4n) is 1.69. The lowest BCUT2D eigenvalue weighted by atomic mass is 10.1. The number of rotatable bonds is 4. The first kappa shape index (κ1) is 13.6. The number of methoxy groups -OCH3 is 1. The quantitative estimate of drug-likeness (QED) is 0.832. The number of halogens is 1. The van der Waals surface area contributed by atoms with E-state index in [1.165, 1.54) is 18.4 Å². The van der Waals surface area contributed by atoms with Crippen molar-refractivity contribution in [3.8, 4) is 5.75 Å². The molecule has 1 aromatic rings. The molecule has 0 aliphatic heterocycles. The molecule has 0 radical (unpaired) electrons. The Kier molecular flexibility index (Phi) is 4.45. The highest BCUT2D eigenvalue weighted by molar-refractivity contribution is 9.10. The summed E-state index contributed by atoms with van der Waals surface area (Å²) < 4.78 is 6.17. The van der Waals surface area contributed by atoms with Crippen LogP contribution in [0.3, 0.4) is 0 Å². The van der Waals surface area contributed by atoms with Gasteiger partial charge in [-0.1, -0.05) is 6.07 Å². The molecule has 0 aromatic heterocycles. The third-order valence-electron chi connectivity index (χ3n) is 2.94. The van der Waals surface area contributed by atoms with E-state index < -0.39 is 0 Å². The predicted octanol–water partition coefficient (Wildman–Crippen LogP) is 3.15. The standard InChI is InChI=1S/C13H17BrN2OS/c1-8(15-13(18)16-10-4-5-10)9-3-6-12(17-2)11(14)7-9/h3,6-8,10H,4-5H2,1-2H3,(H2,15,16,18)/t8-/m1/s1. The molecule has 2 N–H and O–H groups in total. The summed E-state index contributed by atoms with van der Waals surface area (Å²) in [6, 6.07) is 6.80. The molecule has 0 bridgehead atoms. The highest BCUT2D eigenvalue weighted by atomic mass is 79.9. The third-order valence-corrected chi connectivity index (χ3v) is 3.79. The molecular formula is C13H17BrN2OS. The molecule has 1 saturated carbocycles. The molecule has 0 saturated heterocycles. The Bertz CT molecular complexity index is 449. The van der Waals surface area contributed by atoms with Gasteiger partial charge in [0.2, 0.25) is 0 Å². The minimum Gasteiger partial charge on any atom is -0.496 e. The molecule has 0 spiro atoms. The Morgan fingerprint density at radius 3 is 2.78 bits per heavy atom. The highest BCUT2D eigenvalue weighted by Crippen LogP contribution is 2.28. The minimum absolute atomic E-state index is 0.172. The van der Waals surface area contributed by atoms with E-state index >= 15 is 0 Å². The maximum absolute atomic E-state index is 5.27. The van der Waals surface area contributed by atoms with Gasteiger partial charge in [0, 0.05) is 6.04 Å². The van der Waals surface area contributed by atoms with Crippen molar-refractivity contribution in [3.05, 3.63) is 28.2 Å². The summed E-state index contributed by atoms with van der Waals surface area (Å²) in [4.78, 5) is 0. The van der Waals surface area contributed by atoms with Gasteiger partial charge in [-0.2, -0.15) is 0 Å². The van der Waals surface area contributed by atoms with E-state index in [-0.39, 0.29) is 6.04 Å². The van der Waals surface area contributed by atoms with Crippen LogP contribution in [0.1, 0.15) is 31.4 Å². The van der Waals surface area contributed by atoms with Crippen molar-refractivity contribution in [2.45, 2.75) is 31.8 Å². The molecular weight excluding hydrogens is 312 g/mol. The number of ether oxygens (including phenoxy) is 1. The van der Waals surface area contributed by atoms with E-state index in [1.54, 1.807) is 7.11 Å². The lowest BCUT2D eigenvalue weighted by Gasteiger charge is -2.18. The van der Waals surface area contributed by atoms with Gasteiger partial charge in [-0.3, -0.25) is 0 Å². The first-order valence-corrected chi connectivity index (χ1v) is 7.20. The molecule has 0 unspecified atom stereocenters. The van der Waals surface area contributed by atoms with E-state index in [4.69, 9.17) is 17.0 Å². The molecule has 5 heteroatoms. The van der Waals surface area contributed by atoms with Crippen molar-refractivity contribution in [1.29, 1.82) is 0 Å². The van der Waals surface area contributed by atoms with Crippen molar-refractivity contribution in [1.82, 2.24) is 10.6 Å². The van der Waals surface area contributed by atoms with Crippen molar-refractivity contribution < 1.29 is 4.74 Å². The van der Waals surface area contributed by atoms with Gasteiger partial charge >= 0.3 is 0 Å². The second kappa shape index (κ2) is 5.89. The van der Waals surface area contributed by atoms with E-state index in [1.807, 2.05) is 12.1 Å². The molecule has 0 amide bonds. The monoisotopic (exact) mass is 328 g/mol. The Balaban J connectivity index is 1.96. The zero-order chi connectivity index (χ0) is 13.1. The minimum atomic E-state index is 0.172. The summed E-state index contributed by atoms with van der Waals surface area (Å²) in [5.41, 5.74) is 1.17. The van der Waals surface area contributed by atoms with E-state index in [2.05, 4.69) is 39.6 Å². The average Bonchev–Trinajstić information content (AvgIpc) is 3.12. The van der Waals surface area contributed by atoms with E-state index in [0.717, 1.165) is 15.3 Å². The maximum atomic E-state index is 5.27. The van der Waals surface area contributed by atoms with Gasteiger partial charge in [-0.15, -0.1) is 0 Å². The first-order valence-electron chi connectivity index (χ1n) is 6.00. The van der Waals surface area contributed by atoms with Crippen LogP contribution in [0.4, 0.5) is 0 Å². The Labute approximate surface area is 121 Å². The van der Waals surface area contributed by atoms with Crippen LogP contribution in [0.2, 0.25) is 0 Å². The molecule has 1 fully saturated rings. The van der Waals surface area contributed by atoms with Crippen LogP contribution in [0.25, 0.3) is 0 Å². The molecule has 18 heavy (non-hydrogen) atoms. The molecule has 2 rings (SSSR count). The Hall–Kier alpha value is -0.810. The highest BCUT2D eigenvalue weighted by Gasteiger charge is 2.22. The van der Waals surface area contributed by atoms with Gasteiger partial charge < -0.3 is 15.4 Å². The fourth-order valence-corrected chi connectivity index (χ4v) is 2.59. The van der Waals surface area contributed by atoms with Gasteiger partial charge in [-0.25, -0.2) is 0 Å². The molecule has 3 nitrogen and oxygen atoms in total. The van der Waals surface area contributed by atoms with Crippen LogP contribution in [-0.4, -0.2) is 18.3 Å². The van der Waals surface area contributed by atoms with Crippen molar-refractivity contribution in [2.24, 2.45) is 0 Å². The molecule has 1 aromatic carbocycles. The van der Waals surface area contributed by atoms with Crippen molar-refractivity contribution >= 4 is 33.3 Å². The number of benzene rings is 1. The van der Waals surface area contributed by atoms with Gasteiger partial charge in [0.1, 0.15) is 5.75 Å². The maximum Gasteiger partial charge on any atom is 0.166 e. The summed E-state index contributed by atoms with van der Waals surface area (Å²) in [7, 11) is 1.66.